The van der Waals surface area contributed by atoms with Gasteiger partial charge in [0.1, 0.15) is 13.1 Å². The number of carbonyl (C=O) groups excluding carboxylic acids is 2. The highest BCUT2D eigenvalue weighted by Gasteiger charge is 2.33. The van der Waals surface area contributed by atoms with Gasteiger partial charge in [0.05, 0.1) is 17.4 Å². The first-order chi connectivity index (χ1) is 18.0. The van der Waals surface area contributed by atoms with Crippen LogP contribution in [0.4, 0.5) is 5.69 Å². The predicted molar refractivity (Wildman–Crippen MR) is 145 cm³/mol. The van der Waals surface area contributed by atoms with Crippen LogP contribution in [0.3, 0.4) is 0 Å². The van der Waals surface area contributed by atoms with Gasteiger partial charge in [-0.2, -0.15) is 0 Å². The molecule has 38 heavy (non-hydrogen) atoms. The predicted octanol–water partition coefficient (Wildman–Crippen LogP) is 4.08. The van der Waals surface area contributed by atoms with Crippen molar-refractivity contribution in [3.05, 3.63) is 76.5 Å². The molecule has 2 N–H and O–H groups in total. The molecule has 0 saturated heterocycles. The van der Waals surface area contributed by atoms with Gasteiger partial charge in [-0.25, -0.2) is 0 Å². The third-order valence-corrected chi connectivity index (χ3v) is 6.52. The fourth-order valence-corrected chi connectivity index (χ4v) is 4.31. The van der Waals surface area contributed by atoms with Gasteiger partial charge in [-0.05, 0) is 24.1 Å². The number of carbonyl (C=O) groups is 2. The second-order valence-corrected chi connectivity index (χ2v) is 11.1. The number of halogens is 1. The number of aliphatic hydroxyl groups is 1. The minimum absolute atomic E-state index is 0.0334. The van der Waals surface area contributed by atoms with Gasteiger partial charge in [0.25, 0.3) is 0 Å². The molecule has 4 rings (SSSR count). The Labute approximate surface area is 226 Å². The van der Waals surface area contributed by atoms with Gasteiger partial charge in [0.15, 0.2) is 6.10 Å². The summed E-state index contributed by atoms with van der Waals surface area (Å²) in [5, 5.41) is 22.5. The standard InChI is InChI=1S/C28H32ClN5O4/c1-16(2)23(25(37)26-32-33-27(38-26)28(3,4)5)31-21(35)15-34-20-9-7-6-8-19(20)24(30-14-22(34)36)17-10-12-18(29)13-11-17/h6-13,16,23,25,37H,14-15H2,1-5H3,(H,31,35)/t23-,25?/m0/s1. The molecule has 10 heteroatoms. The Kier molecular flexibility index (Phi) is 7.99. The van der Waals surface area contributed by atoms with E-state index < -0.39 is 18.1 Å². The molecule has 9 nitrogen and oxygen atoms in total. The monoisotopic (exact) mass is 537 g/mol. The topological polar surface area (TPSA) is 121 Å². The molecule has 0 radical (unpaired) electrons. The number of aliphatic hydroxyl groups excluding tert-OH is 1. The molecule has 0 aliphatic carbocycles. The van der Waals surface area contributed by atoms with Crippen molar-refractivity contribution in [1.82, 2.24) is 15.5 Å². The molecule has 200 valence electrons. The van der Waals surface area contributed by atoms with Crippen molar-refractivity contribution in [2.45, 2.75) is 52.2 Å². The third kappa shape index (κ3) is 5.95. The molecular formula is C28H32ClN5O4. The number of anilines is 1. The number of benzodiazepines with no additional fused rings is 1. The van der Waals surface area contributed by atoms with Gasteiger partial charge in [-0.3, -0.25) is 14.6 Å². The third-order valence-electron chi connectivity index (χ3n) is 6.26. The number of benzene rings is 2. The van der Waals surface area contributed by atoms with E-state index in [1.165, 1.54) is 4.90 Å². The summed E-state index contributed by atoms with van der Waals surface area (Å²) in [5.74, 6) is -0.484. The highest BCUT2D eigenvalue weighted by Crippen LogP contribution is 2.28. The quantitative estimate of drug-likeness (QED) is 0.468. The molecular weight excluding hydrogens is 506 g/mol. The number of aromatic nitrogens is 2. The SMILES string of the molecule is CC(C)[C@H](NC(=O)CN1C(=O)CN=C(c2ccc(Cl)cc2)c2ccccc21)C(O)c1nnc(C(C)(C)C)o1. The Morgan fingerprint density at radius 2 is 1.82 bits per heavy atom. The molecule has 2 aromatic carbocycles. The minimum Gasteiger partial charge on any atom is -0.422 e. The molecule has 0 bridgehead atoms. The molecule has 0 fully saturated rings. The van der Waals surface area contributed by atoms with Crippen molar-refractivity contribution in [2.75, 3.05) is 18.0 Å². The smallest absolute Gasteiger partial charge is 0.249 e. The summed E-state index contributed by atoms with van der Waals surface area (Å²) in [5.41, 5.74) is 2.39. The summed E-state index contributed by atoms with van der Waals surface area (Å²) in [6.45, 7) is 9.16. The Bertz CT molecular complexity index is 1340. The lowest BCUT2D eigenvalue weighted by atomic mass is 9.97. The highest BCUT2D eigenvalue weighted by atomic mass is 35.5. The number of amides is 2. The average Bonchev–Trinajstić information content (AvgIpc) is 3.33. The maximum atomic E-state index is 13.2. The van der Waals surface area contributed by atoms with Crippen LogP contribution >= 0.6 is 11.6 Å². The fraction of sp³-hybridized carbons (Fsp3) is 0.393. The molecule has 1 unspecified atom stereocenters. The molecule has 2 atom stereocenters. The van der Waals surface area contributed by atoms with Crippen LogP contribution in [0, 0.1) is 5.92 Å². The first-order valence-corrected chi connectivity index (χ1v) is 12.8. The van der Waals surface area contributed by atoms with E-state index in [0.717, 1.165) is 11.1 Å². The number of aliphatic imine (C=N–C) groups is 1. The van der Waals surface area contributed by atoms with E-state index in [2.05, 4.69) is 20.5 Å². The van der Waals surface area contributed by atoms with E-state index >= 15 is 0 Å². The molecule has 1 aliphatic heterocycles. The zero-order chi connectivity index (χ0) is 27.6. The van der Waals surface area contributed by atoms with Crippen LogP contribution in [0.1, 0.15) is 63.6 Å². The van der Waals surface area contributed by atoms with Crippen molar-refractivity contribution < 1.29 is 19.1 Å². The van der Waals surface area contributed by atoms with Crippen LogP contribution in [-0.2, 0) is 15.0 Å². The van der Waals surface area contributed by atoms with E-state index in [0.29, 0.717) is 22.3 Å². The Hall–Kier alpha value is -3.56. The lowest BCUT2D eigenvalue weighted by Crippen LogP contribution is -2.48. The van der Waals surface area contributed by atoms with Crippen molar-refractivity contribution >= 4 is 34.8 Å². The average molecular weight is 538 g/mol. The minimum atomic E-state index is -1.21. The van der Waals surface area contributed by atoms with Gasteiger partial charge in [0, 0.05) is 21.6 Å². The zero-order valence-corrected chi connectivity index (χ0v) is 22.9. The Morgan fingerprint density at radius 1 is 1.13 bits per heavy atom. The van der Waals surface area contributed by atoms with Crippen molar-refractivity contribution in [3.63, 3.8) is 0 Å². The normalized spacial score (nSPS) is 15.5. The number of nitrogens with one attached hydrogen (secondary N) is 1. The summed E-state index contributed by atoms with van der Waals surface area (Å²) in [6, 6.07) is 13.9. The number of para-hydroxylation sites is 1. The number of hydrogen-bond donors (Lipinski definition) is 2. The first-order valence-electron chi connectivity index (χ1n) is 12.5. The largest absolute Gasteiger partial charge is 0.422 e. The van der Waals surface area contributed by atoms with Crippen molar-refractivity contribution in [2.24, 2.45) is 10.9 Å². The van der Waals surface area contributed by atoms with Gasteiger partial charge < -0.3 is 19.7 Å². The fourth-order valence-electron chi connectivity index (χ4n) is 4.18. The molecule has 2 amide bonds. The van der Waals surface area contributed by atoms with Crippen LogP contribution in [0.25, 0.3) is 0 Å². The number of nitrogens with zero attached hydrogens (tertiary/aromatic N) is 4. The summed E-state index contributed by atoms with van der Waals surface area (Å²) in [7, 11) is 0. The molecule has 1 aromatic heterocycles. The van der Waals surface area contributed by atoms with Crippen LogP contribution < -0.4 is 10.2 Å². The van der Waals surface area contributed by atoms with E-state index in [-0.39, 0.29) is 36.2 Å². The van der Waals surface area contributed by atoms with Crippen LogP contribution in [-0.4, -0.2) is 52.0 Å². The lowest BCUT2D eigenvalue weighted by Gasteiger charge is -2.28. The second kappa shape index (κ2) is 11.0. The van der Waals surface area contributed by atoms with E-state index in [1.807, 2.05) is 65.0 Å². The van der Waals surface area contributed by atoms with Gasteiger partial charge >= 0.3 is 0 Å². The van der Waals surface area contributed by atoms with Gasteiger partial charge in [0.2, 0.25) is 23.6 Å². The van der Waals surface area contributed by atoms with E-state index in [4.69, 9.17) is 16.0 Å². The van der Waals surface area contributed by atoms with Gasteiger partial charge in [-0.1, -0.05) is 76.6 Å². The first kappa shape index (κ1) is 27.5. The number of fused-ring (bicyclic) bond motifs is 1. The van der Waals surface area contributed by atoms with Crippen LogP contribution in [0.5, 0.6) is 0 Å². The second-order valence-electron chi connectivity index (χ2n) is 10.6. The summed E-state index contributed by atoms with van der Waals surface area (Å²) in [6.07, 6.45) is -1.21. The Morgan fingerprint density at radius 3 is 2.45 bits per heavy atom. The van der Waals surface area contributed by atoms with Gasteiger partial charge in [-0.15, -0.1) is 10.2 Å². The maximum absolute atomic E-state index is 13.2. The maximum Gasteiger partial charge on any atom is 0.249 e. The number of hydrogen-bond acceptors (Lipinski definition) is 7. The summed E-state index contributed by atoms with van der Waals surface area (Å²) < 4.78 is 5.70. The molecule has 0 spiro atoms. The van der Waals surface area contributed by atoms with Crippen molar-refractivity contribution in [1.29, 1.82) is 0 Å². The highest BCUT2D eigenvalue weighted by molar-refractivity contribution is 6.30. The zero-order valence-electron chi connectivity index (χ0n) is 22.1. The Balaban J connectivity index is 1.56. The van der Waals surface area contributed by atoms with Crippen LogP contribution in [0.2, 0.25) is 5.02 Å². The molecule has 0 saturated carbocycles. The summed E-state index contributed by atoms with van der Waals surface area (Å²) >= 11 is 6.05. The van der Waals surface area contributed by atoms with Crippen LogP contribution in [0.15, 0.2) is 57.9 Å². The molecule has 2 heterocycles. The summed E-state index contributed by atoms with van der Waals surface area (Å²) in [4.78, 5) is 32.4. The molecule has 1 aliphatic rings. The number of rotatable bonds is 7. The lowest BCUT2D eigenvalue weighted by molar-refractivity contribution is -0.124. The van der Waals surface area contributed by atoms with Crippen molar-refractivity contribution in [3.8, 4) is 0 Å². The van der Waals surface area contributed by atoms with E-state index in [1.54, 1.807) is 18.2 Å². The van der Waals surface area contributed by atoms with E-state index in [9.17, 15) is 14.7 Å². The molecule has 3 aromatic rings.